The molecule has 0 spiro atoms. The van der Waals surface area contributed by atoms with Gasteiger partial charge in [-0.05, 0) is 19.1 Å². The van der Waals surface area contributed by atoms with E-state index in [2.05, 4.69) is 60.2 Å². The second-order valence-corrected chi connectivity index (χ2v) is 5.77. The number of aromatic nitrogens is 2. The summed E-state index contributed by atoms with van der Waals surface area (Å²) in [5.74, 6) is 0.993. The minimum absolute atomic E-state index is 0. The van der Waals surface area contributed by atoms with E-state index in [9.17, 15) is 0 Å². The Morgan fingerprint density at radius 1 is 1.35 bits per heavy atom. The van der Waals surface area contributed by atoms with E-state index in [0.717, 1.165) is 31.1 Å². The Labute approximate surface area is 105 Å². The highest BCUT2D eigenvalue weighted by Crippen LogP contribution is 2.21. The fourth-order valence-electron chi connectivity index (χ4n) is 2.06. The van der Waals surface area contributed by atoms with Crippen LogP contribution in [0.5, 0.6) is 0 Å². The molecule has 17 heavy (non-hydrogen) atoms. The largest absolute Gasteiger partial charge is 0.350 e. The minimum atomic E-state index is 0. The zero-order chi connectivity index (χ0) is 12.5. The first kappa shape index (κ1) is 12.3. The van der Waals surface area contributed by atoms with Gasteiger partial charge < -0.3 is 10.2 Å². The van der Waals surface area contributed by atoms with Gasteiger partial charge in [-0.3, -0.25) is 0 Å². The highest BCUT2D eigenvalue weighted by molar-refractivity contribution is 5.40. The first-order valence-corrected chi connectivity index (χ1v) is 6.30. The number of hydrogen-bond donors (Lipinski definition) is 1. The highest BCUT2D eigenvalue weighted by Gasteiger charge is 2.21. The molecule has 0 aromatic carbocycles. The zero-order valence-corrected chi connectivity index (χ0v) is 11.2. The molecule has 2 rings (SSSR count). The third kappa shape index (κ3) is 2.75. The van der Waals surface area contributed by atoms with Crippen LogP contribution in [0.3, 0.4) is 0 Å². The molecule has 1 aromatic heterocycles. The van der Waals surface area contributed by atoms with Gasteiger partial charge in [0.2, 0.25) is 0 Å². The van der Waals surface area contributed by atoms with Crippen LogP contribution in [0.4, 0.5) is 5.82 Å². The quantitative estimate of drug-likeness (QED) is 0.807. The zero-order valence-electron chi connectivity index (χ0n) is 11.2. The van der Waals surface area contributed by atoms with Crippen molar-refractivity contribution in [2.45, 2.75) is 39.2 Å². The Morgan fingerprint density at radius 2 is 2.12 bits per heavy atom. The standard InChI is InChI=1S/C13H22N4.H2/c1-10-9-14-7-8-17(10)12-6-5-11(15-16-12)13(2,3)4;/h5-6,10,14H,7-9H2,1-4H3;1H/t10-;/m1./s1. The van der Waals surface area contributed by atoms with Crippen LogP contribution in [0.2, 0.25) is 0 Å². The molecule has 1 aromatic rings. The molecule has 1 aliphatic rings. The summed E-state index contributed by atoms with van der Waals surface area (Å²) >= 11 is 0. The van der Waals surface area contributed by atoms with E-state index >= 15 is 0 Å². The molecule has 0 saturated carbocycles. The summed E-state index contributed by atoms with van der Waals surface area (Å²) in [6, 6.07) is 4.67. The van der Waals surface area contributed by atoms with Gasteiger partial charge in [-0.15, -0.1) is 5.10 Å². The summed E-state index contributed by atoms with van der Waals surface area (Å²) in [7, 11) is 0. The predicted octanol–water partition coefficient (Wildman–Crippen LogP) is 1.82. The van der Waals surface area contributed by atoms with E-state index in [0.29, 0.717) is 6.04 Å². The number of nitrogens with zero attached hydrogens (tertiary/aromatic N) is 3. The SMILES string of the molecule is C[C@@H]1CNCCN1c1ccc(C(C)(C)C)nn1.[HH]. The van der Waals surface area contributed by atoms with E-state index in [1.807, 2.05) is 0 Å². The molecule has 0 radical (unpaired) electrons. The Balaban J connectivity index is 0.00000162. The lowest BCUT2D eigenvalue weighted by atomic mass is 9.92. The number of piperazine rings is 1. The summed E-state index contributed by atoms with van der Waals surface area (Å²) in [6.45, 7) is 11.7. The second-order valence-electron chi connectivity index (χ2n) is 5.77. The van der Waals surface area contributed by atoms with Crippen LogP contribution >= 0.6 is 0 Å². The summed E-state index contributed by atoms with van der Waals surface area (Å²) < 4.78 is 0. The molecule has 0 unspecified atom stereocenters. The van der Waals surface area contributed by atoms with E-state index in [4.69, 9.17) is 0 Å². The normalized spacial score (nSPS) is 21.6. The maximum Gasteiger partial charge on any atom is 0.151 e. The van der Waals surface area contributed by atoms with Crippen LogP contribution in [-0.2, 0) is 5.41 Å². The number of rotatable bonds is 1. The van der Waals surface area contributed by atoms with Crippen LogP contribution in [0, 0.1) is 0 Å². The van der Waals surface area contributed by atoms with Crippen LogP contribution in [0.25, 0.3) is 0 Å². The summed E-state index contributed by atoms with van der Waals surface area (Å²) in [4.78, 5) is 2.32. The van der Waals surface area contributed by atoms with Gasteiger partial charge in [0.1, 0.15) is 0 Å². The lowest BCUT2D eigenvalue weighted by Crippen LogP contribution is -2.50. The van der Waals surface area contributed by atoms with Crippen molar-refractivity contribution in [3.8, 4) is 0 Å². The van der Waals surface area contributed by atoms with Gasteiger partial charge >= 0.3 is 0 Å². The highest BCUT2D eigenvalue weighted by atomic mass is 15.3. The Hall–Kier alpha value is -1.16. The molecular weight excluding hydrogens is 212 g/mol. The first-order valence-electron chi connectivity index (χ1n) is 6.30. The molecule has 1 aliphatic heterocycles. The van der Waals surface area contributed by atoms with Gasteiger partial charge in [0.25, 0.3) is 0 Å². The smallest absolute Gasteiger partial charge is 0.151 e. The van der Waals surface area contributed by atoms with Crippen molar-refractivity contribution >= 4 is 5.82 Å². The molecule has 4 heteroatoms. The van der Waals surface area contributed by atoms with Crippen molar-refractivity contribution in [1.29, 1.82) is 0 Å². The molecule has 96 valence electrons. The molecule has 0 bridgehead atoms. The molecule has 1 saturated heterocycles. The fourth-order valence-corrected chi connectivity index (χ4v) is 2.06. The third-order valence-corrected chi connectivity index (χ3v) is 3.21. The summed E-state index contributed by atoms with van der Waals surface area (Å²) in [5.41, 5.74) is 1.12. The van der Waals surface area contributed by atoms with Gasteiger partial charge in [0.15, 0.2) is 5.82 Å². The molecule has 4 nitrogen and oxygen atoms in total. The molecule has 0 aliphatic carbocycles. The summed E-state index contributed by atoms with van der Waals surface area (Å²) in [5, 5.41) is 12.1. The molecule has 2 heterocycles. The molecule has 1 atom stereocenters. The average Bonchev–Trinajstić information content (AvgIpc) is 2.29. The maximum absolute atomic E-state index is 4.37. The average molecular weight is 236 g/mol. The van der Waals surface area contributed by atoms with E-state index in [1.54, 1.807) is 0 Å². The Morgan fingerprint density at radius 3 is 2.65 bits per heavy atom. The second kappa shape index (κ2) is 4.61. The van der Waals surface area contributed by atoms with Gasteiger partial charge in [0.05, 0.1) is 5.69 Å². The van der Waals surface area contributed by atoms with Gasteiger partial charge in [-0.2, -0.15) is 5.10 Å². The lowest BCUT2D eigenvalue weighted by Gasteiger charge is -2.34. The predicted molar refractivity (Wildman–Crippen MR) is 72.5 cm³/mol. The minimum Gasteiger partial charge on any atom is -0.350 e. The van der Waals surface area contributed by atoms with Gasteiger partial charge in [-0.25, -0.2) is 0 Å². The Bertz CT molecular complexity index is 372. The lowest BCUT2D eigenvalue weighted by molar-refractivity contribution is 0.493. The maximum atomic E-state index is 4.37. The summed E-state index contributed by atoms with van der Waals surface area (Å²) in [6.07, 6.45) is 0. The number of hydrogen-bond acceptors (Lipinski definition) is 4. The van der Waals surface area contributed by atoms with E-state index in [1.165, 1.54) is 0 Å². The first-order chi connectivity index (χ1) is 7.98. The van der Waals surface area contributed by atoms with Crippen molar-refractivity contribution in [2.24, 2.45) is 0 Å². The monoisotopic (exact) mass is 236 g/mol. The third-order valence-electron chi connectivity index (χ3n) is 3.21. The topological polar surface area (TPSA) is 41.0 Å². The molecule has 1 fully saturated rings. The Kier molecular flexibility index (Phi) is 3.33. The van der Waals surface area contributed by atoms with Crippen molar-refractivity contribution in [3.63, 3.8) is 0 Å². The van der Waals surface area contributed by atoms with E-state index in [-0.39, 0.29) is 6.84 Å². The van der Waals surface area contributed by atoms with Crippen LogP contribution in [0.15, 0.2) is 12.1 Å². The molecule has 0 amide bonds. The van der Waals surface area contributed by atoms with Gasteiger partial charge in [0, 0.05) is 32.5 Å². The molecule has 1 N–H and O–H groups in total. The van der Waals surface area contributed by atoms with Crippen molar-refractivity contribution in [2.75, 3.05) is 24.5 Å². The van der Waals surface area contributed by atoms with Crippen molar-refractivity contribution < 1.29 is 1.43 Å². The van der Waals surface area contributed by atoms with Crippen molar-refractivity contribution in [1.82, 2.24) is 15.5 Å². The van der Waals surface area contributed by atoms with Crippen LogP contribution < -0.4 is 10.2 Å². The number of nitrogens with one attached hydrogen (secondary N) is 1. The van der Waals surface area contributed by atoms with Gasteiger partial charge in [-0.1, -0.05) is 20.8 Å². The van der Waals surface area contributed by atoms with Crippen molar-refractivity contribution in [3.05, 3.63) is 17.8 Å². The number of anilines is 1. The fraction of sp³-hybridized carbons (Fsp3) is 0.692. The van der Waals surface area contributed by atoms with Crippen LogP contribution in [-0.4, -0.2) is 35.9 Å². The van der Waals surface area contributed by atoms with Crippen LogP contribution in [0.1, 0.15) is 34.8 Å². The molecular formula is C13H24N4. The van der Waals surface area contributed by atoms with E-state index < -0.39 is 0 Å².